The summed E-state index contributed by atoms with van der Waals surface area (Å²) in [4.78, 5) is 42.7. The van der Waals surface area contributed by atoms with Gasteiger partial charge < -0.3 is 21.1 Å². The molecule has 0 saturated heterocycles. The average Bonchev–Trinajstić information content (AvgIpc) is 2.94. The summed E-state index contributed by atoms with van der Waals surface area (Å²) in [6.45, 7) is 4.40. The lowest BCUT2D eigenvalue weighted by atomic mass is 9.93. The number of amides is 2. The number of nitrogens with two attached hydrogens (primary N) is 1. The highest BCUT2D eigenvalue weighted by molar-refractivity contribution is 6.31. The molecule has 1 unspecified atom stereocenters. The second-order valence-corrected chi connectivity index (χ2v) is 10.9. The first kappa shape index (κ1) is 30.6. The zero-order valence-corrected chi connectivity index (χ0v) is 23.9. The molecule has 4 rings (SSSR count). The van der Waals surface area contributed by atoms with Crippen molar-refractivity contribution in [3.8, 4) is 11.1 Å². The van der Waals surface area contributed by atoms with Gasteiger partial charge in [-0.1, -0.05) is 38.3 Å². The third-order valence-electron chi connectivity index (χ3n) is 7.27. The van der Waals surface area contributed by atoms with Gasteiger partial charge in [0.2, 0.25) is 12.3 Å². The minimum atomic E-state index is -1.22. The fourth-order valence-electron chi connectivity index (χ4n) is 5.19. The van der Waals surface area contributed by atoms with Crippen molar-refractivity contribution >= 4 is 46.8 Å². The lowest BCUT2D eigenvalue weighted by Gasteiger charge is -2.34. The number of carbonyl (C=O) groups is 3. The number of hydrogen-bond acceptors (Lipinski definition) is 5. The van der Waals surface area contributed by atoms with Crippen LogP contribution >= 0.6 is 11.6 Å². The molecule has 1 aliphatic rings. The van der Waals surface area contributed by atoms with Gasteiger partial charge in [0.1, 0.15) is 5.82 Å². The molecule has 2 aromatic carbocycles. The van der Waals surface area contributed by atoms with Gasteiger partial charge in [-0.25, -0.2) is 13.6 Å². The van der Waals surface area contributed by atoms with E-state index in [9.17, 15) is 28.3 Å². The number of pyridine rings is 1. The van der Waals surface area contributed by atoms with Gasteiger partial charge in [-0.2, -0.15) is 0 Å². The molecule has 4 N–H and O–H groups in total. The highest BCUT2D eigenvalue weighted by atomic mass is 35.5. The normalized spacial score (nSPS) is 14.1. The Morgan fingerprint density at radius 1 is 1.21 bits per heavy atom. The molecule has 2 heterocycles. The van der Waals surface area contributed by atoms with Crippen LogP contribution in [0.4, 0.5) is 20.2 Å². The zero-order valence-electron chi connectivity index (χ0n) is 23.2. The highest BCUT2D eigenvalue weighted by Gasteiger charge is 2.31. The Kier molecular flexibility index (Phi) is 9.57. The van der Waals surface area contributed by atoms with Crippen molar-refractivity contribution in [3.63, 3.8) is 0 Å². The third kappa shape index (κ3) is 6.60. The molecule has 1 atom stereocenters. The van der Waals surface area contributed by atoms with Crippen LogP contribution in [0.2, 0.25) is 5.02 Å². The van der Waals surface area contributed by atoms with E-state index in [2.05, 4.69) is 24.1 Å². The van der Waals surface area contributed by atoms with E-state index >= 15 is 0 Å². The first-order valence-corrected chi connectivity index (χ1v) is 13.9. The van der Waals surface area contributed by atoms with E-state index in [0.29, 0.717) is 41.3 Å². The Balaban J connectivity index is 1.75. The van der Waals surface area contributed by atoms with Gasteiger partial charge in [-0.3, -0.25) is 14.6 Å². The largest absolute Gasteiger partial charge is 0.478 e. The Hall–Kier alpha value is -4.31. The predicted octanol–water partition coefficient (Wildman–Crippen LogP) is 6.71. The monoisotopic (exact) mass is 596 g/mol. The topological polar surface area (TPSA) is 126 Å². The average molecular weight is 597 g/mol. The molecule has 0 radical (unpaired) electrons. The molecule has 8 nitrogen and oxygen atoms in total. The number of anilines is 2. The molecule has 220 valence electrons. The van der Waals surface area contributed by atoms with Crippen LogP contribution in [0.1, 0.15) is 67.2 Å². The molecule has 11 heteroatoms. The number of benzene rings is 2. The Morgan fingerprint density at radius 3 is 2.64 bits per heavy atom. The van der Waals surface area contributed by atoms with Gasteiger partial charge in [0, 0.05) is 30.1 Å². The van der Waals surface area contributed by atoms with Crippen molar-refractivity contribution in [2.75, 3.05) is 17.6 Å². The molecule has 42 heavy (non-hydrogen) atoms. The Labute approximate surface area is 247 Å². The Bertz CT molecular complexity index is 1560. The lowest BCUT2D eigenvalue weighted by molar-refractivity contribution is -0.129. The Morgan fingerprint density at radius 2 is 1.98 bits per heavy atom. The van der Waals surface area contributed by atoms with E-state index in [1.54, 1.807) is 23.2 Å². The lowest BCUT2D eigenvalue weighted by Crippen LogP contribution is -2.38. The second kappa shape index (κ2) is 13.1. The van der Waals surface area contributed by atoms with Gasteiger partial charge in [0.15, 0.2) is 5.82 Å². The van der Waals surface area contributed by atoms with E-state index in [4.69, 9.17) is 17.3 Å². The van der Waals surface area contributed by atoms with Gasteiger partial charge >= 0.3 is 5.97 Å². The van der Waals surface area contributed by atoms with E-state index in [0.717, 1.165) is 25.0 Å². The third-order valence-corrected chi connectivity index (χ3v) is 7.56. The minimum absolute atomic E-state index is 0.00877. The van der Waals surface area contributed by atoms with Crippen molar-refractivity contribution in [3.05, 3.63) is 82.1 Å². The number of nitrogens with zero attached hydrogens (tertiary/aromatic N) is 2. The minimum Gasteiger partial charge on any atom is -0.478 e. The maximum absolute atomic E-state index is 14.7. The fourth-order valence-corrected chi connectivity index (χ4v) is 5.35. The van der Waals surface area contributed by atoms with Crippen LogP contribution in [-0.4, -0.2) is 39.8 Å². The summed E-state index contributed by atoms with van der Waals surface area (Å²) in [5.74, 6) is -2.90. The van der Waals surface area contributed by atoms with Crippen molar-refractivity contribution in [2.45, 2.75) is 45.6 Å². The number of carboxylic acids is 1. The number of nitrogens with one attached hydrogen (secondary N) is 1. The molecule has 2 amide bonds. The summed E-state index contributed by atoms with van der Waals surface area (Å²) in [6.07, 6.45) is 5.73. The molecule has 0 spiro atoms. The molecule has 0 bridgehead atoms. The van der Waals surface area contributed by atoms with Gasteiger partial charge in [-0.05, 0) is 66.3 Å². The number of rotatable bonds is 11. The van der Waals surface area contributed by atoms with E-state index in [-0.39, 0.29) is 40.4 Å². The molecule has 0 fully saturated rings. The van der Waals surface area contributed by atoms with Crippen LogP contribution in [0.5, 0.6) is 0 Å². The van der Waals surface area contributed by atoms with Gasteiger partial charge in [0.25, 0.3) is 0 Å². The van der Waals surface area contributed by atoms with E-state index < -0.39 is 29.6 Å². The number of carbonyl (C=O) groups excluding carboxylic acids is 2. The SMILES string of the molecule is CC(C)CCCC(c1cc(-c2cc(C(=O)O)c(N)cc2NC=O)ccn1)N1CCC(c2c(F)ccc(Cl)c2F)=CC1=O. The predicted molar refractivity (Wildman–Crippen MR) is 158 cm³/mol. The summed E-state index contributed by atoms with van der Waals surface area (Å²) in [7, 11) is 0. The van der Waals surface area contributed by atoms with Crippen LogP contribution in [0, 0.1) is 17.6 Å². The molecule has 3 aromatic rings. The highest BCUT2D eigenvalue weighted by Crippen LogP contribution is 2.37. The number of nitrogen functional groups attached to an aromatic ring is 1. The maximum atomic E-state index is 14.7. The van der Waals surface area contributed by atoms with E-state index in [1.165, 1.54) is 18.2 Å². The van der Waals surface area contributed by atoms with Crippen LogP contribution in [-0.2, 0) is 9.59 Å². The standard InChI is InChI=1S/C31H31ClF2N4O4/c1-17(2)4-3-5-27(38-11-9-19(13-28(38)40)29-23(33)7-6-22(32)30(29)34)26-12-18(8-10-36-26)20-14-21(31(41)42)24(35)15-25(20)37-16-39/h6-8,10,12-17,27H,3-5,9,11,35H2,1-2H3,(H,37,39)(H,41,42). The molecule has 0 saturated carbocycles. The van der Waals surface area contributed by atoms with Crippen molar-refractivity contribution in [1.82, 2.24) is 9.88 Å². The quantitative estimate of drug-likeness (QED) is 0.128. The zero-order chi connectivity index (χ0) is 30.6. The van der Waals surface area contributed by atoms with Gasteiger partial charge in [0.05, 0.1) is 33.6 Å². The number of halogens is 3. The molecule has 1 aliphatic heterocycles. The summed E-state index contributed by atoms with van der Waals surface area (Å²) in [5, 5.41) is 11.9. The van der Waals surface area contributed by atoms with Crippen LogP contribution in [0.3, 0.4) is 0 Å². The second-order valence-electron chi connectivity index (χ2n) is 10.5. The summed E-state index contributed by atoms with van der Waals surface area (Å²) >= 11 is 5.88. The number of aromatic nitrogens is 1. The first-order chi connectivity index (χ1) is 20.0. The molecular formula is C31H31ClF2N4O4. The molecule has 1 aromatic heterocycles. The van der Waals surface area contributed by atoms with Crippen molar-refractivity contribution < 1.29 is 28.3 Å². The van der Waals surface area contributed by atoms with Crippen molar-refractivity contribution in [2.24, 2.45) is 5.92 Å². The fraction of sp³-hybridized carbons (Fsp3) is 0.290. The van der Waals surface area contributed by atoms with Crippen molar-refractivity contribution in [1.29, 1.82) is 0 Å². The summed E-state index contributed by atoms with van der Waals surface area (Å²) < 4.78 is 29.3. The summed E-state index contributed by atoms with van der Waals surface area (Å²) in [6, 6.07) is 7.90. The molecule has 0 aliphatic carbocycles. The number of hydrogen-bond donors (Lipinski definition) is 3. The van der Waals surface area contributed by atoms with Crippen LogP contribution < -0.4 is 11.1 Å². The van der Waals surface area contributed by atoms with E-state index in [1.807, 2.05) is 0 Å². The first-order valence-electron chi connectivity index (χ1n) is 13.5. The molecular weight excluding hydrogens is 566 g/mol. The maximum Gasteiger partial charge on any atom is 0.337 e. The number of carboxylic acid groups (broad SMARTS) is 1. The smallest absolute Gasteiger partial charge is 0.337 e. The summed E-state index contributed by atoms with van der Waals surface area (Å²) in [5.41, 5.74) is 7.52. The van der Waals surface area contributed by atoms with Crippen LogP contribution in [0.25, 0.3) is 16.7 Å². The van der Waals surface area contributed by atoms with Gasteiger partial charge in [-0.15, -0.1) is 0 Å². The number of aromatic carboxylic acids is 1. The van der Waals surface area contributed by atoms with Crippen LogP contribution in [0.15, 0.2) is 48.7 Å².